The predicted molar refractivity (Wildman–Crippen MR) is 114 cm³/mol. The van der Waals surface area contributed by atoms with E-state index >= 15 is 0 Å². The molecule has 0 fully saturated rings. The predicted octanol–water partition coefficient (Wildman–Crippen LogP) is 4.46. The second-order valence-electron chi connectivity index (χ2n) is 7.55. The molecule has 5 rings (SSSR count). The molecule has 3 aromatic carbocycles. The Morgan fingerprint density at radius 1 is 1.03 bits per heavy atom. The molecule has 154 valence electrons. The maximum Gasteiger partial charge on any atom is 0.231 e. The minimum absolute atomic E-state index is 0.0494. The molecular formula is C25H18FNO4. The third-order valence-electron chi connectivity index (χ3n) is 5.36. The highest BCUT2D eigenvalue weighted by molar-refractivity contribution is 6.10. The highest BCUT2D eigenvalue weighted by Crippen LogP contribution is 2.33. The zero-order chi connectivity index (χ0) is 21.5. The number of hydrogen-bond donors (Lipinski definition) is 0. The molecule has 0 atom stereocenters. The number of ketones is 1. The second kappa shape index (κ2) is 7.40. The van der Waals surface area contributed by atoms with E-state index in [-0.39, 0.29) is 23.6 Å². The highest BCUT2D eigenvalue weighted by Gasteiger charge is 2.21. The van der Waals surface area contributed by atoms with Crippen LogP contribution in [0.25, 0.3) is 10.9 Å². The lowest BCUT2D eigenvalue weighted by molar-refractivity contribution is 0.103. The van der Waals surface area contributed by atoms with E-state index in [1.165, 1.54) is 12.1 Å². The van der Waals surface area contributed by atoms with Gasteiger partial charge in [0, 0.05) is 23.7 Å². The monoisotopic (exact) mass is 415 g/mol. The molecule has 0 amide bonds. The van der Waals surface area contributed by atoms with E-state index in [2.05, 4.69) is 0 Å². The summed E-state index contributed by atoms with van der Waals surface area (Å²) in [6.45, 7) is 2.31. The van der Waals surface area contributed by atoms with Crippen LogP contribution in [0.5, 0.6) is 11.5 Å². The number of aryl methyl sites for hydroxylation is 1. The van der Waals surface area contributed by atoms with E-state index in [1.54, 1.807) is 42.6 Å². The van der Waals surface area contributed by atoms with Crippen molar-refractivity contribution in [3.63, 3.8) is 0 Å². The zero-order valence-electron chi connectivity index (χ0n) is 16.7. The van der Waals surface area contributed by atoms with Crippen molar-refractivity contribution in [2.75, 3.05) is 6.79 Å². The minimum atomic E-state index is -0.403. The molecule has 0 bridgehead atoms. The van der Waals surface area contributed by atoms with Gasteiger partial charge in [-0.25, -0.2) is 4.39 Å². The van der Waals surface area contributed by atoms with Crippen LogP contribution in [0.2, 0.25) is 0 Å². The fraction of sp³-hybridized carbons (Fsp3) is 0.120. The number of halogens is 1. The number of fused-ring (bicyclic) bond motifs is 2. The summed E-state index contributed by atoms with van der Waals surface area (Å²) < 4.78 is 26.2. The lowest BCUT2D eigenvalue weighted by atomic mass is 10.0. The van der Waals surface area contributed by atoms with Crippen molar-refractivity contribution < 1.29 is 18.7 Å². The largest absolute Gasteiger partial charge is 0.454 e. The standard InChI is InChI=1S/C25H18FNO4/c1-15-5-7-21-19(9-15)25(29)20(13-27(21)12-16-3-2-4-18(26)10-16)24(28)17-6-8-22-23(11-17)31-14-30-22/h2-11,13H,12,14H2,1H3. The van der Waals surface area contributed by atoms with Gasteiger partial charge in [-0.15, -0.1) is 0 Å². The highest BCUT2D eigenvalue weighted by atomic mass is 19.1. The number of ether oxygens (including phenoxy) is 2. The number of aromatic nitrogens is 1. The van der Waals surface area contributed by atoms with Crippen LogP contribution in [-0.2, 0) is 6.54 Å². The normalized spacial score (nSPS) is 12.3. The number of carbonyl (C=O) groups is 1. The third kappa shape index (κ3) is 3.46. The quantitative estimate of drug-likeness (QED) is 0.462. The molecule has 0 aliphatic carbocycles. The molecular weight excluding hydrogens is 397 g/mol. The first kappa shape index (κ1) is 19.1. The SMILES string of the molecule is Cc1ccc2c(c1)c(=O)c(C(=O)c1ccc3c(c1)OCO3)cn2Cc1cccc(F)c1. The maximum atomic E-state index is 13.7. The second-order valence-corrected chi connectivity index (χ2v) is 7.55. The summed E-state index contributed by atoms with van der Waals surface area (Å²) in [6.07, 6.45) is 1.55. The molecule has 1 aromatic heterocycles. The number of carbonyl (C=O) groups excluding carboxylic acids is 1. The summed E-state index contributed by atoms with van der Waals surface area (Å²) in [5.74, 6) is 0.298. The van der Waals surface area contributed by atoms with Crippen LogP contribution in [0.1, 0.15) is 27.0 Å². The van der Waals surface area contributed by atoms with Gasteiger partial charge in [0.25, 0.3) is 0 Å². The molecule has 0 radical (unpaired) electrons. The topological polar surface area (TPSA) is 57.5 Å². The summed E-state index contributed by atoms with van der Waals surface area (Å²) in [5.41, 5.74) is 2.37. The number of rotatable bonds is 4. The zero-order valence-corrected chi connectivity index (χ0v) is 16.7. The van der Waals surface area contributed by atoms with E-state index in [9.17, 15) is 14.0 Å². The van der Waals surface area contributed by atoms with Gasteiger partial charge in [-0.2, -0.15) is 0 Å². The fourth-order valence-corrected chi connectivity index (χ4v) is 3.83. The molecule has 1 aliphatic heterocycles. The Balaban J connectivity index is 1.66. The molecule has 31 heavy (non-hydrogen) atoms. The Bertz CT molecular complexity index is 1410. The Morgan fingerprint density at radius 2 is 1.87 bits per heavy atom. The molecule has 4 aromatic rings. The number of pyridine rings is 1. The van der Waals surface area contributed by atoms with Crippen molar-refractivity contribution in [3.8, 4) is 11.5 Å². The molecule has 0 spiro atoms. The van der Waals surface area contributed by atoms with Gasteiger partial charge in [-0.05, 0) is 55.0 Å². The summed E-state index contributed by atoms with van der Waals surface area (Å²) in [7, 11) is 0. The molecule has 0 unspecified atom stereocenters. The smallest absolute Gasteiger partial charge is 0.231 e. The molecule has 0 N–H and O–H groups in total. The van der Waals surface area contributed by atoms with Crippen molar-refractivity contribution in [1.82, 2.24) is 4.57 Å². The van der Waals surface area contributed by atoms with Gasteiger partial charge in [-0.3, -0.25) is 9.59 Å². The van der Waals surface area contributed by atoms with Gasteiger partial charge in [0.15, 0.2) is 17.3 Å². The van der Waals surface area contributed by atoms with Crippen LogP contribution in [-0.4, -0.2) is 17.1 Å². The van der Waals surface area contributed by atoms with Crippen molar-refractivity contribution in [2.45, 2.75) is 13.5 Å². The average molecular weight is 415 g/mol. The van der Waals surface area contributed by atoms with Crippen LogP contribution >= 0.6 is 0 Å². The van der Waals surface area contributed by atoms with Gasteiger partial charge in [-0.1, -0.05) is 23.8 Å². The Labute approximate surface area is 177 Å². The van der Waals surface area contributed by atoms with Gasteiger partial charge >= 0.3 is 0 Å². The van der Waals surface area contributed by atoms with Crippen molar-refractivity contribution in [1.29, 1.82) is 0 Å². The summed E-state index contributed by atoms with van der Waals surface area (Å²) in [4.78, 5) is 26.5. The van der Waals surface area contributed by atoms with Crippen LogP contribution in [0.15, 0.2) is 71.7 Å². The van der Waals surface area contributed by atoms with E-state index in [0.717, 1.165) is 11.1 Å². The van der Waals surface area contributed by atoms with E-state index in [0.29, 0.717) is 34.5 Å². The maximum absolute atomic E-state index is 13.7. The third-order valence-corrected chi connectivity index (χ3v) is 5.36. The van der Waals surface area contributed by atoms with Crippen LogP contribution < -0.4 is 14.9 Å². The number of nitrogens with zero attached hydrogens (tertiary/aromatic N) is 1. The van der Waals surface area contributed by atoms with Gasteiger partial charge in [0.05, 0.1) is 11.1 Å². The first-order chi connectivity index (χ1) is 15.0. The summed E-state index contributed by atoms with van der Waals surface area (Å²) >= 11 is 0. The minimum Gasteiger partial charge on any atom is -0.454 e. The Morgan fingerprint density at radius 3 is 2.71 bits per heavy atom. The van der Waals surface area contributed by atoms with Crippen LogP contribution in [0.3, 0.4) is 0 Å². The van der Waals surface area contributed by atoms with Gasteiger partial charge in [0.1, 0.15) is 5.82 Å². The first-order valence-electron chi connectivity index (χ1n) is 9.82. The summed E-state index contributed by atoms with van der Waals surface area (Å²) in [6, 6.07) is 16.7. The molecule has 2 heterocycles. The van der Waals surface area contributed by atoms with E-state index in [4.69, 9.17) is 9.47 Å². The Kier molecular flexibility index (Phi) is 4.55. The van der Waals surface area contributed by atoms with Crippen molar-refractivity contribution in [2.24, 2.45) is 0 Å². The number of benzene rings is 3. The van der Waals surface area contributed by atoms with Gasteiger partial charge in [0.2, 0.25) is 12.2 Å². The lowest BCUT2D eigenvalue weighted by Gasteiger charge is -2.14. The van der Waals surface area contributed by atoms with Crippen molar-refractivity contribution >= 4 is 16.7 Å². The molecule has 5 nitrogen and oxygen atoms in total. The Hall–Kier alpha value is -3.93. The van der Waals surface area contributed by atoms with Crippen LogP contribution in [0.4, 0.5) is 4.39 Å². The average Bonchev–Trinajstić information content (AvgIpc) is 3.23. The van der Waals surface area contributed by atoms with Crippen molar-refractivity contribution in [3.05, 3.63) is 105 Å². The van der Waals surface area contributed by atoms with Crippen LogP contribution in [0, 0.1) is 12.7 Å². The number of hydrogen-bond acceptors (Lipinski definition) is 4. The van der Waals surface area contributed by atoms with Gasteiger partial charge < -0.3 is 14.0 Å². The molecule has 0 saturated carbocycles. The van der Waals surface area contributed by atoms with E-state index in [1.807, 2.05) is 23.6 Å². The molecule has 6 heteroatoms. The lowest BCUT2D eigenvalue weighted by Crippen LogP contribution is -2.20. The fourth-order valence-electron chi connectivity index (χ4n) is 3.83. The van der Waals surface area contributed by atoms with E-state index < -0.39 is 5.78 Å². The summed E-state index contributed by atoms with van der Waals surface area (Å²) in [5, 5.41) is 0.447. The molecule has 1 aliphatic rings. The first-order valence-corrected chi connectivity index (χ1v) is 9.82. The molecule has 0 saturated heterocycles.